The van der Waals surface area contributed by atoms with Crippen LogP contribution in [0.4, 0.5) is 0 Å². The van der Waals surface area contributed by atoms with E-state index in [1.165, 1.54) is 0 Å². The zero-order chi connectivity index (χ0) is 23.5. The highest BCUT2D eigenvalue weighted by Gasteiger charge is 2.44. The Morgan fingerprint density at radius 3 is 2.59 bits per heavy atom. The number of hydrogen-bond donors (Lipinski definition) is 1. The van der Waals surface area contributed by atoms with Gasteiger partial charge in [-0.15, -0.1) is 0 Å². The van der Waals surface area contributed by atoms with E-state index in [2.05, 4.69) is 19.2 Å². The average Bonchev–Trinajstić information content (AvgIpc) is 2.69. The predicted molar refractivity (Wildman–Crippen MR) is 123 cm³/mol. The molecule has 0 radical (unpaired) electrons. The highest BCUT2D eigenvalue weighted by Crippen LogP contribution is 2.48. The fourth-order valence-electron chi connectivity index (χ4n) is 4.51. The fourth-order valence-corrected chi connectivity index (χ4v) is 4.51. The van der Waals surface area contributed by atoms with Crippen molar-refractivity contribution < 1.29 is 23.8 Å². The van der Waals surface area contributed by atoms with Crippen molar-refractivity contribution >= 4 is 11.8 Å². The van der Waals surface area contributed by atoms with Crippen LogP contribution in [0.1, 0.15) is 65.9 Å². The normalized spacial score (nSPS) is 20.2. The highest BCUT2D eigenvalue weighted by molar-refractivity contribution is 6.04. The molecule has 1 aliphatic heterocycles. The van der Waals surface area contributed by atoms with Gasteiger partial charge in [0.25, 0.3) is 0 Å². The van der Waals surface area contributed by atoms with Gasteiger partial charge in [-0.3, -0.25) is 4.79 Å². The number of rotatable bonds is 8. The van der Waals surface area contributed by atoms with Crippen LogP contribution in [0.2, 0.25) is 0 Å². The lowest BCUT2D eigenvalue weighted by atomic mass is 9.68. The van der Waals surface area contributed by atoms with Crippen molar-refractivity contribution in [2.75, 3.05) is 19.8 Å². The van der Waals surface area contributed by atoms with Crippen LogP contribution in [0, 0.1) is 5.41 Å². The summed E-state index contributed by atoms with van der Waals surface area (Å²) in [5.74, 6) is -0.251. The van der Waals surface area contributed by atoms with Crippen LogP contribution in [0.3, 0.4) is 0 Å². The van der Waals surface area contributed by atoms with E-state index in [1.807, 2.05) is 52.0 Å². The second kappa shape index (κ2) is 9.90. The Bertz CT molecular complexity index is 941. The molecule has 2 aliphatic rings. The molecule has 1 aliphatic carbocycles. The van der Waals surface area contributed by atoms with Crippen LogP contribution < -0.4 is 10.1 Å². The number of allylic oxidation sites excluding steroid dienone is 3. The number of Topliss-reactive ketones (excluding diaryl/α,β-unsaturated/α-hetero) is 1. The maximum Gasteiger partial charge on any atom is 0.336 e. The molecule has 0 amide bonds. The van der Waals surface area contributed by atoms with Crippen LogP contribution >= 0.6 is 0 Å². The number of benzene rings is 1. The summed E-state index contributed by atoms with van der Waals surface area (Å²) >= 11 is 0. The number of nitrogens with one attached hydrogen (secondary N) is 1. The number of para-hydroxylation sites is 1. The zero-order valence-corrected chi connectivity index (χ0v) is 20.0. The number of carbonyl (C=O) groups excluding carboxylic acids is 2. The van der Waals surface area contributed by atoms with Crippen LogP contribution in [0.25, 0.3) is 0 Å². The van der Waals surface area contributed by atoms with E-state index in [-0.39, 0.29) is 23.9 Å². The number of carbonyl (C=O) groups is 2. The molecule has 0 saturated heterocycles. The lowest BCUT2D eigenvalue weighted by Gasteiger charge is -2.39. The number of ketones is 1. The van der Waals surface area contributed by atoms with Gasteiger partial charge in [0.15, 0.2) is 5.78 Å². The summed E-state index contributed by atoms with van der Waals surface area (Å²) in [6, 6.07) is 7.64. The number of hydrogen-bond acceptors (Lipinski definition) is 6. The second-order valence-electron chi connectivity index (χ2n) is 9.47. The van der Waals surface area contributed by atoms with Crippen molar-refractivity contribution in [1.29, 1.82) is 0 Å². The minimum absolute atomic E-state index is 0.0426. The van der Waals surface area contributed by atoms with E-state index in [1.54, 1.807) is 0 Å². The summed E-state index contributed by atoms with van der Waals surface area (Å²) < 4.78 is 16.9. The van der Waals surface area contributed by atoms with Crippen LogP contribution in [0.5, 0.6) is 5.75 Å². The summed E-state index contributed by atoms with van der Waals surface area (Å²) in [5, 5.41) is 3.36. The average molecular weight is 442 g/mol. The molecule has 3 rings (SSSR count). The molecular weight excluding hydrogens is 406 g/mol. The summed E-state index contributed by atoms with van der Waals surface area (Å²) in [6.07, 6.45) is 1.13. The molecular formula is C26H35NO5. The van der Waals surface area contributed by atoms with Gasteiger partial charge in [-0.05, 0) is 45.6 Å². The molecule has 0 bridgehead atoms. The largest absolute Gasteiger partial charge is 0.491 e. The van der Waals surface area contributed by atoms with Gasteiger partial charge >= 0.3 is 5.97 Å². The van der Waals surface area contributed by atoms with Gasteiger partial charge in [-0.25, -0.2) is 4.79 Å². The minimum Gasteiger partial charge on any atom is -0.491 e. The maximum atomic E-state index is 13.4. The zero-order valence-electron chi connectivity index (χ0n) is 20.0. The summed E-state index contributed by atoms with van der Waals surface area (Å²) in [5.41, 5.74) is 3.36. The summed E-state index contributed by atoms with van der Waals surface area (Å²) in [6.45, 7) is 12.9. The Balaban J connectivity index is 2.09. The van der Waals surface area contributed by atoms with E-state index in [0.29, 0.717) is 42.2 Å². The van der Waals surface area contributed by atoms with Crippen molar-refractivity contribution in [3.05, 3.63) is 52.4 Å². The van der Waals surface area contributed by atoms with Crippen LogP contribution in [-0.4, -0.2) is 37.7 Å². The monoisotopic (exact) mass is 441 g/mol. The highest BCUT2D eigenvalue weighted by atomic mass is 16.6. The van der Waals surface area contributed by atoms with Crippen molar-refractivity contribution in [2.24, 2.45) is 5.41 Å². The molecule has 0 aromatic heterocycles. The molecule has 1 atom stereocenters. The first kappa shape index (κ1) is 24.1. The topological polar surface area (TPSA) is 73.9 Å². The SMILES string of the molecule is CCOCCOC(=O)C1=C(C)NC2=C(C(=O)CC(C)(C)C2)C1c1ccccc1OC(C)C. The fraction of sp³-hybridized carbons (Fsp3) is 0.538. The number of ether oxygens (including phenoxy) is 3. The van der Waals surface area contributed by atoms with E-state index in [9.17, 15) is 9.59 Å². The first-order valence-electron chi connectivity index (χ1n) is 11.4. The molecule has 1 unspecified atom stereocenters. The molecule has 6 heteroatoms. The summed E-state index contributed by atoms with van der Waals surface area (Å²) in [4.78, 5) is 26.6. The Morgan fingerprint density at radius 2 is 1.91 bits per heavy atom. The molecule has 1 aromatic carbocycles. The third-order valence-corrected chi connectivity index (χ3v) is 5.72. The van der Waals surface area contributed by atoms with Gasteiger partial charge in [0.1, 0.15) is 12.4 Å². The van der Waals surface area contributed by atoms with Gasteiger partial charge in [0, 0.05) is 35.6 Å². The van der Waals surface area contributed by atoms with Gasteiger partial charge < -0.3 is 19.5 Å². The molecule has 0 spiro atoms. The van der Waals surface area contributed by atoms with Crippen LogP contribution in [-0.2, 0) is 19.1 Å². The molecule has 32 heavy (non-hydrogen) atoms. The Kier molecular flexibility index (Phi) is 7.44. The van der Waals surface area contributed by atoms with Gasteiger partial charge in [0.05, 0.1) is 24.2 Å². The molecule has 0 fully saturated rings. The van der Waals surface area contributed by atoms with E-state index < -0.39 is 11.9 Å². The first-order chi connectivity index (χ1) is 15.1. The second-order valence-corrected chi connectivity index (χ2v) is 9.47. The summed E-state index contributed by atoms with van der Waals surface area (Å²) in [7, 11) is 0. The molecule has 174 valence electrons. The smallest absolute Gasteiger partial charge is 0.336 e. The minimum atomic E-state index is -0.538. The van der Waals surface area contributed by atoms with Crippen molar-refractivity contribution in [1.82, 2.24) is 5.32 Å². The van der Waals surface area contributed by atoms with Crippen molar-refractivity contribution in [3.63, 3.8) is 0 Å². The van der Waals surface area contributed by atoms with E-state index in [0.717, 1.165) is 17.7 Å². The van der Waals surface area contributed by atoms with E-state index >= 15 is 0 Å². The van der Waals surface area contributed by atoms with Gasteiger partial charge in [0.2, 0.25) is 0 Å². The third kappa shape index (κ3) is 5.23. The lowest BCUT2D eigenvalue weighted by Crippen LogP contribution is -2.39. The predicted octanol–water partition coefficient (Wildman–Crippen LogP) is 4.66. The van der Waals surface area contributed by atoms with Crippen molar-refractivity contribution in [3.8, 4) is 5.75 Å². The van der Waals surface area contributed by atoms with Crippen molar-refractivity contribution in [2.45, 2.75) is 66.4 Å². The maximum absolute atomic E-state index is 13.4. The van der Waals surface area contributed by atoms with Gasteiger partial charge in [-0.2, -0.15) is 0 Å². The first-order valence-corrected chi connectivity index (χ1v) is 11.4. The molecule has 1 heterocycles. The Labute approximate surface area is 191 Å². The van der Waals surface area contributed by atoms with Gasteiger partial charge in [-0.1, -0.05) is 32.0 Å². The lowest BCUT2D eigenvalue weighted by molar-refractivity contribution is -0.140. The third-order valence-electron chi connectivity index (χ3n) is 5.72. The Hall–Kier alpha value is -2.60. The number of esters is 1. The molecule has 1 aromatic rings. The van der Waals surface area contributed by atoms with E-state index in [4.69, 9.17) is 14.2 Å². The standard InChI is InChI=1S/C26H35NO5/c1-7-30-12-13-31-25(29)22-17(4)27-19-14-26(5,6)15-20(28)24(19)23(22)18-10-8-9-11-21(18)32-16(2)3/h8-11,16,23,27H,7,12-15H2,1-6H3. The molecule has 6 nitrogen and oxygen atoms in total. The van der Waals surface area contributed by atoms with Crippen LogP contribution in [0.15, 0.2) is 46.8 Å². The molecule has 1 N–H and O–H groups in total. The molecule has 0 saturated carbocycles. The Morgan fingerprint density at radius 1 is 1.19 bits per heavy atom. The number of dihydropyridines is 1. The quantitative estimate of drug-likeness (QED) is 0.467.